The van der Waals surface area contributed by atoms with Crippen molar-refractivity contribution in [1.82, 2.24) is 0 Å². The summed E-state index contributed by atoms with van der Waals surface area (Å²) in [5.74, 6) is -0.866. The fourth-order valence-electron chi connectivity index (χ4n) is 2.84. The lowest BCUT2D eigenvalue weighted by molar-refractivity contribution is -0.126. The van der Waals surface area contributed by atoms with E-state index < -0.39 is 5.97 Å². The van der Waals surface area contributed by atoms with Crippen molar-refractivity contribution in [3.8, 4) is 0 Å². The van der Waals surface area contributed by atoms with E-state index in [1.807, 2.05) is 0 Å². The second kappa shape index (κ2) is 12.2. The lowest BCUT2D eigenvalue weighted by Gasteiger charge is -2.19. The number of hydrogen-bond donors (Lipinski definition) is 0. The number of anilines is 1. The Morgan fingerprint density at radius 3 is 2.23 bits per heavy atom. The molecule has 0 bridgehead atoms. The van der Waals surface area contributed by atoms with Crippen LogP contribution < -0.4 is 4.90 Å². The molecule has 0 saturated heterocycles. The maximum Gasteiger partial charge on any atom is 0.339 e. The fourth-order valence-corrected chi connectivity index (χ4v) is 2.84. The van der Waals surface area contributed by atoms with Gasteiger partial charge < -0.3 is 9.64 Å². The molecule has 0 aliphatic rings. The molecule has 0 fully saturated rings. The quantitative estimate of drug-likeness (QED) is 0.311. The molecule has 0 heterocycles. The first kappa shape index (κ1) is 21.9. The van der Waals surface area contributed by atoms with Gasteiger partial charge in [0.15, 0.2) is 0 Å². The highest BCUT2D eigenvalue weighted by atomic mass is 16.5. The first-order valence-corrected chi connectivity index (χ1v) is 9.46. The zero-order valence-electron chi connectivity index (χ0n) is 16.3. The summed E-state index contributed by atoms with van der Waals surface area (Å²) in [5, 5.41) is 0. The SMILES string of the molecule is CCCCCCCCCC(=O)CC(=O)N(C)c1ccccc1C(=O)OC. The largest absolute Gasteiger partial charge is 0.465 e. The fraction of sp³-hybridized carbons (Fsp3) is 0.571. The van der Waals surface area contributed by atoms with Crippen LogP contribution in [-0.4, -0.2) is 31.8 Å². The van der Waals surface area contributed by atoms with Crippen LogP contribution in [-0.2, 0) is 14.3 Å². The predicted octanol–water partition coefficient (Wildman–Crippen LogP) is 4.54. The Bertz CT molecular complexity index is 597. The summed E-state index contributed by atoms with van der Waals surface area (Å²) in [5.41, 5.74) is 0.762. The highest BCUT2D eigenvalue weighted by Crippen LogP contribution is 2.21. The van der Waals surface area contributed by atoms with Gasteiger partial charge in [-0.3, -0.25) is 9.59 Å². The van der Waals surface area contributed by atoms with Crippen molar-refractivity contribution in [3.05, 3.63) is 29.8 Å². The van der Waals surface area contributed by atoms with Crippen molar-refractivity contribution in [3.63, 3.8) is 0 Å². The Morgan fingerprint density at radius 1 is 0.962 bits per heavy atom. The van der Waals surface area contributed by atoms with E-state index in [9.17, 15) is 14.4 Å². The molecule has 0 aliphatic carbocycles. The molecule has 1 aromatic rings. The van der Waals surface area contributed by atoms with Crippen molar-refractivity contribution < 1.29 is 19.1 Å². The summed E-state index contributed by atoms with van der Waals surface area (Å²) in [4.78, 5) is 37.6. The molecule has 0 N–H and O–H groups in total. The van der Waals surface area contributed by atoms with Gasteiger partial charge in [0, 0.05) is 13.5 Å². The Labute approximate surface area is 156 Å². The van der Waals surface area contributed by atoms with E-state index in [-0.39, 0.29) is 18.1 Å². The van der Waals surface area contributed by atoms with Gasteiger partial charge in [0.25, 0.3) is 0 Å². The zero-order chi connectivity index (χ0) is 19.4. The highest BCUT2D eigenvalue weighted by Gasteiger charge is 2.20. The van der Waals surface area contributed by atoms with E-state index in [4.69, 9.17) is 4.74 Å². The Balaban J connectivity index is 2.45. The summed E-state index contributed by atoms with van der Waals surface area (Å²) in [6, 6.07) is 6.72. The molecule has 1 amide bonds. The van der Waals surface area contributed by atoms with E-state index in [2.05, 4.69) is 6.92 Å². The number of para-hydroxylation sites is 1. The first-order valence-electron chi connectivity index (χ1n) is 9.46. The zero-order valence-corrected chi connectivity index (χ0v) is 16.3. The summed E-state index contributed by atoms with van der Waals surface area (Å²) < 4.78 is 4.74. The average molecular weight is 361 g/mol. The van der Waals surface area contributed by atoms with Gasteiger partial charge in [0.2, 0.25) is 5.91 Å². The van der Waals surface area contributed by atoms with Crippen molar-refractivity contribution in [2.75, 3.05) is 19.1 Å². The molecule has 144 valence electrons. The Kier molecular flexibility index (Phi) is 10.3. The maximum atomic E-state index is 12.4. The average Bonchev–Trinajstić information content (AvgIpc) is 2.66. The van der Waals surface area contributed by atoms with Gasteiger partial charge in [-0.15, -0.1) is 0 Å². The number of Topliss-reactive ketones (excluding diaryl/α,β-unsaturated/α-hetero) is 1. The number of carbonyl (C=O) groups excluding carboxylic acids is 3. The number of methoxy groups -OCH3 is 1. The third kappa shape index (κ3) is 7.38. The number of hydrogen-bond acceptors (Lipinski definition) is 4. The Morgan fingerprint density at radius 2 is 1.58 bits per heavy atom. The number of rotatable bonds is 12. The Hall–Kier alpha value is -2.17. The molecule has 0 atom stereocenters. The monoisotopic (exact) mass is 361 g/mol. The lowest BCUT2D eigenvalue weighted by Crippen LogP contribution is -2.29. The number of ether oxygens (including phenoxy) is 1. The standard InChI is InChI=1S/C21H31NO4/c1-4-5-6-7-8-9-10-13-17(23)16-20(24)22(2)19-15-12-11-14-18(19)21(25)26-3/h11-12,14-15H,4-10,13,16H2,1-3H3. The molecule has 26 heavy (non-hydrogen) atoms. The van der Waals surface area contributed by atoms with Gasteiger partial charge in [0.1, 0.15) is 5.78 Å². The van der Waals surface area contributed by atoms with Gasteiger partial charge >= 0.3 is 5.97 Å². The molecule has 5 heteroatoms. The van der Waals surface area contributed by atoms with Crippen molar-refractivity contribution in [1.29, 1.82) is 0 Å². The van der Waals surface area contributed by atoms with Crippen molar-refractivity contribution in [2.45, 2.75) is 64.7 Å². The number of nitrogens with zero attached hydrogens (tertiary/aromatic N) is 1. The van der Waals surface area contributed by atoms with Crippen LogP contribution in [0.2, 0.25) is 0 Å². The van der Waals surface area contributed by atoms with Crippen LogP contribution in [0.4, 0.5) is 5.69 Å². The lowest BCUT2D eigenvalue weighted by atomic mass is 10.1. The predicted molar refractivity (Wildman–Crippen MR) is 103 cm³/mol. The van der Waals surface area contributed by atoms with Crippen LogP contribution in [0, 0.1) is 0 Å². The number of unbranched alkanes of at least 4 members (excludes halogenated alkanes) is 6. The number of esters is 1. The molecule has 0 unspecified atom stereocenters. The number of benzene rings is 1. The van der Waals surface area contributed by atoms with Crippen LogP contribution in [0.3, 0.4) is 0 Å². The van der Waals surface area contributed by atoms with Gasteiger partial charge in [0.05, 0.1) is 24.8 Å². The second-order valence-electron chi connectivity index (χ2n) is 6.55. The first-order chi connectivity index (χ1) is 12.5. The van der Waals surface area contributed by atoms with Crippen molar-refractivity contribution >= 4 is 23.3 Å². The molecule has 0 spiro atoms. The molecule has 5 nitrogen and oxygen atoms in total. The van der Waals surface area contributed by atoms with Gasteiger partial charge in [-0.2, -0.15) is 0 Å². The minimum atomic E-state index is -0.505. The van der Waals surface area contributed by atoms with Crippen LogP contribution in [0.25, 0.3) is 0 Å². The molecular weight excluding hydrogens is 330 g/mol. The van der Waals surface area contributed by atoms with Gasteiger partial charge in [-0.25, -0.2) is 4.79 Å². The van der Waals surface area contributed by atoms with Crippen molar-refractivity contribution in [2.24, 2.45) is 0 Å². The molecule has 1 rings (SSSR count). The molecular formula is C21H31NO4. The maximum absolute atomic E-state index is 12.4. The van der Waals surface area contributed by atoms with Gasteiger partial charge in [-0.05, 0) is 18.6 Å². The normalized spacial score (nSPS) is 10.4. The second-order valence-corrected chi connectivity index (χ2v) is 6.55. The van der Waals surface area contributed by atoms with E-state index >= 15 is 0 Å². The summed E-state index contributed by atoms with van der Waals surface area (Å²) >= 11 is 0. The van der Waals surface area contributed by atoms with Crippen LogP contribution >= 0.6 is 0 Å². The smallest absolute Gasteiger partial charge is 0.339 e. The summed E-state index contributed by atoms with van der Waals surface area (Å²) in [6.45, 7) is 2.19. The van der Waals surface area contributed by atoms with E-state index in [1.165, 1.54) is 37.7 Å². The molecule has 1 aromatic carbocycles. The number of carbonyl (C=O) groups is 3. The molecule has 0 aromatic heterocycles. The topological polar surface area (TPSA) is 63.7 Å². The number of ketones is 1. The van der Waals surface area contributed by atoms with E-state index in [1.54, 1.807) is 31.3 Å². The third-order valence-corrected chi connectivity index (χ3v) is 4.45. The number of amides is 1. The molecule has 0 radical (unpaired) electrons. The van der Waals surface area contributed by atoms with Crippen LogP contribution in [0.1, 0.15) is 75.1 Å². The van der Waals surface area contributed by atoms with E-state index in [0.29, 0.717) is 17.7 Å². The summed E-state index contributed by atoms with van der Waals surface area (Å²) in [7, 11) is 2.87. The van der Waals surface area contributed by atoms with E-state index in [0.717, 1.165) is 19.3 Å². The molecule has 0 aliphatic heterocycles. The minimum absolute atomic E-state index is 0.0500. The molecule has 0 saturated carbocycles. The van der Waals surface area contributed by atoms with Gasteiger partial charge in [-0.1, -0.05) is 57.6 Å². The highest BCUT2D eigenvalue weighted by molar-refractivity contribution is 6.08. The van der Waals surface area contributed by atoms with Crippen LogP contribution in [0.15, 0.2) is 24.3 Å². The minimum Gasteiger partial charge on any atom is -0.465 e. The summed E-state index contributed by atoms with van der Waals surface area (Å²) in [6.07, 6.45) is 8.29. The van der Waals surface area contributed by atoms with Crippen LogP contribution in [0.5, 0.6) is 0 Å². The third-order valence-electron chi connectivity index (χ3n) is 4.45.